The summed E-state index contributed by atoms with van der Waals surface area (Å²) in [6, 6.07) is 6.67. The number of nitro groups is 1. The number of anilines is 1. The second-order valence-electron chi connectivity index (χ2n) is 5.10. The molecule has 114 valence electrons. The van der Waals surface area contributed by atoms with E-state index in [1.54, 1.807) is 23.1 Å². The third kappa shape index (κ3) is 3.91. The number of rotatable bonds is 5. The molecule has 7 heteroatoms. The summed E-state index contributed by atoms with van der Waals surface area (Å²) in [4.78, 5) is 24.4. The highest BCUT2D eigenvalue weighted by Gasteiger charge is 2.22. The van der Waals surface area contributed by atoms with Crippen molar-refractivity contribution < 1.29 is 9.72 Å². The topological polar surface area (TPSA) is 87.5 Å². The van der Waals surface area contributed by atoms with Crippen molar-refractivity contribution in [3.8, 4) is 0 Å². The van der Waals surface area contributed by atoms with Crippen LogP contribution in [0.25, 0.3) is 0 Å². The number of piperidine rings is 1. The molecule has 0 aliphatic carbocycles. The first-order valence-electron chi connectivity index (χ1n) is 7.04. The van der Waals surface area contributed by atoms with Gasteiger partial charge in [-0.3, -0.25) is 14.9 Å². The molecule has 0 saturated carbocycles. The van der Waals surface area contributed by atoms with Gasteiger partial charge < -0.3 is 15.5 Å². The first-order chi connectivity index (χ1) is 10.1. The molecule has 1 unspecified atom stereocenters. The zero-order chi connectivity index (χ0) is 15.2. The van der Waals surface area contributed by atoms with Gasteiger partial charge in [0.05, 0.1) is 11.5 Å². The van der Waals surface area contributed by atoms with Gasteiger partial charge in [0.1, 0.15) is 5.69 Å². The summed E-state index contributed by atoms with van der Waals surface area (Å²) in [7, 11) is 1.89. The molecule has 1 saturated heterocycles. The van der Waals surface area contributed by atoms with Gasteiger partial charge in [-0.15, -0.1) is 0 Å². The molecule has 1 fully saturated rings. The Bertz CT molecular complexity index is 521. The van der Waals surface area contributed by atoms with Gasteiger partial charge in [-0.05, 0) is 26.0 Å². The van der Waals surface area contributed by atoms with E-state index in [0.29, 0.717) is 18.3 Å². The van der Waals surface area contributed by atoms with Crippen molar-refractivity contribution in [2.75, 3.05) is 32.0 Å². The molecular formula is C14H20N4O3. The Morgan fingerprint density at radius 1 is 1.48 bits per heavy atom. The summed E-state index contributed by atoms with van der Waals surface area (Å²) in [5.41, 5.74) is 0.357. The van der Waals surface area contributed by atoms with E-state index in [2.05, 4.69) is 10.6 Å². The fraction of sp³-hybridized carbons (Fsp3) is 0.500. The number of carbonyl (C=O) groups is 1. The molecule has 7 nitrogen and oxygen atoms in total. The molecule has 1 amide bonds. The summed E-state index contributed by atoms with van der Waals surface area (Å²) in [5, 5.41) is 17.0. The molecule has 21 heavy (non-hydrogen) atoms. The van der Waals surface area contributed by atoms with Crippen LogP contribution < -0.4 is 10.6 Å². The summed E-state index contributed by atoms with van der Waals surface area (Å²) in [6.07, 6.45) is 2.04. The van der Waals surface area contributed by atoms with Crippen LogP contribution in [0.1, 0.15) is 12.8 Å². The molecule has 1 aliphatic heterocycles. The number of amides is 1. The molecule has 0 spiro atoms. The van der Waals surface area contributed by atoms with Gasteiger partial charge in [0.15, 0.2) is 0 Å². The predicted octanol–water partition coefficient (Wildman–Crippen LogP) is 1.22. The number of nitro benzene ring substituents is 1. The van der Waals surface area contributed by atoms with Gasteiger partial charge in [-0.1, -0.05) is 12.1 Å². The van der Waals surface area contributed by atoms with Gasteiger partial charge in [-0.2, -0.15) is 0 Å². The minimum Gasteiger partial charge on any atom is -0.371 e. The minimum absolute atomic E-state index is 0.0166. The van der Waals surface area contributed by atoms with Gasteiger partial charge >= 0.3 is 0 Å². The molecule has 1 aromatic rings. The Morgan fingerprint density at radius 2 is 2.24 bits per heavy atom. The Kier molecular flexibility index (Phi) is 5.10. The predicted molar refractivity (Wildman–Crippen MR) is 80.2 cm³/mol. The van der Waals surface area contributed by atoms with Crippen LogP contribution in [0.2, 0.25) is 0 Å². The van der Waals surface area contributed by atoms with Crippen molar-refractivity contribution in [2.24, 2.45) is 0 Å². The maximum atomic E-state index is 12.2. The molecule has 1 heterocycles. The smallest absolute Gasteiger partial charge is 0.292 e. The zero-order valence-electron chi connectivity index (χ0n) is 12.0. The van der Waals surface area contributed by atoms with Crippen LogP contribution in [0.5, 0.6) is 0 Å². The van der Waals surface area contributed by atoms with Crippen molar-refractivity contribution in [3.63, 3.8) is 0 Å². The van der Waals surface area contributed by atoms with Crippen LogP contribution in [-0.4, -0.2) is 48.5 Å². The second-order valence-corrected chi connectivity index (χ2v) is 5.10. The van der Waals surface area contributed by atoms with Gasteiger partial charge in [0.2, 0.25) is 5.91 Å². The summed E-state index contributed by atoms with van der Waals surface area (Å²) in [5.74, 6) is -0.0342. The van der Waals surface area contributed by atoms with Gasteiger partial charge in [0.25, 0.3) is 5.69 Å². The van der Waals surface area contributed by atoms with E-state index >= 15 is 0 Å². The van der Waals surface area contributed by atoms with Crippen LogP contribution in [-0.2, 0) is 4.79 Å². The number of nitrogens with one attached hydrogen (secondary N) is 2. The van der Waals surface area contributed by atoms with E-state index < -0.39 is 4.92 Å². The average Bonchev–Trinajstić information content (AvgIpc) is 2.52. The normalized spacial score (nSPS) is 18.3. The number of hydrogen-bond acceptors (Lipinski definition) is 5. The van der Waals surface area contributed by atoms with E-state index in [1.165, 1.54) is 6.07 Å². The number of para-hydroxylation sites is 2. The highest BCUT2D eigenvalue weighted by Crippen LogP contribution is 2.23. The highest BCUT2D eigenvalue weighted by molar-refractivity contribution is 5.82. The lowest BCUT2D eigenvalue weighted by atomic mass is 10.1. The van der Waals surface area contributed by atoms with E-state index in [4.69, 9.17) is 0 Å². The number of benzene rings is 1. The molecule has 2 N–H and O–H groups in total. The molecule has 1 aromatic carbocycles. The Labute approximate surface area is 123 Å². The molecule has 0 bridgehead atoms. The lowest BCUT2D eigenvalue weighted by Crippen LogP contribution is -2.48. The number of likely N-dealkylation sites (tertiary alicyclic amines) is 1. The van der Waals surface area contributed by atoms with Crippen LogP contribution in [0.15, 0.2) is 24.3 Å². The minimum atomic E-state index is -0.454. The lowest BCUT2D eigenvalue weighted by Gasteiger charge is -2.32. The zero-order valence-corrected chi connectivity index (χ0v) is 12.0. The van der Waals surface area contributed by atoms with Gasteiger partial charge in [-0.25, -0.2) is 0 Å². The summed E-state index contributed by atoms with van der Waals surface area (Å²) < 4.78 is 0. The standard InChI is InChI=1S/C14H20N4O3/c1-15-11-5-4-8-17(10-11)14(19)9-16-12-6-2-3-7-13(12)18(20)21/h2-3,6-7,11,15-16H,4-5,8-10H2,1H3. The first kappa shape index (κ1) is 15.2. The quantitative estimate of drug-likeness (QED) is 0.629. The fourth-order valence-corrected chi connectivity index (χ4v) is 2.50. The van der Waals surface area contributed by atoms with E-state index in [0.717, 1.165) is 19.4 Å². The third-order valence-electron chi connectivity index (χ3n) is 3.71. The number of hydrogen-bond donors (Lipinski definition) is 2. The van der Waals surface area contributed by atoms with Crippen LogP contribution in [0, 0.1) is 10.1 Å². The Morgan fingerprint density at radius 3 is 2.95 bits per heavy atom. The molecular weight excluding hydrogens is 272 g/mol. The number of likely N-dealkylation sites (N-methyl/N-ethyl adjacent to an activating group) is 1. The second kappa shape index (κ2) is 7.03. The molecule has 2 rings (SSSR count). The molecule has 1 aliphatic rings. The number of nitrogens with zero attached hydrogens (tertiary/aromatic N) is 2. The first-order valence-corrected chi connectivity index (χ1v) is 7.04. The highest BCUT2D eigenvalue weighted by atomic mass is 16.6. The van der Waals surface area contributed by atoms with Crippen molar-refractivity contribution >= 4 is 17.3 Å². The van der Waals surface area contributed by atoms with Crippen molar-refractivity contribution in [1.82, 2.24) is 10.2 Å². The molecule has 0 aromatic heterocycles. The van der Waals surface area contributed by atoms with Crippen LogP contribution in [0.4, 0.5) is 11.4 Å². The maximum Gasteiger partial charge on any atom is 0.292 e. The fourth-order valence-electron chi connectivity index (χ4n) is 2.50. The third-order valence-corrected chi connectivity index (χ3v) is 3.71. The van der Waals surface area contributed by atoms with Crippen molar-refractivity contribution in [1.29, 1.82) is 0 Å². The number of carbonyl (C=O) groups excluding carboxylic acids is 1. The van der Waals surface area contributed by atoms with Crippen molar-refractivity contribution in [2.45, 2.75) is 18.9 Å². The monoisotopic (exact) mass is 292 g/mol. The van der Waals surface area contributed by atoms with Crippen molar-refractivity contribution in [3.05, 3.63) is 34.4 Å². The molecule has 1 atom stereocenters. The summed E-state index contributed by atoms with van der Waals surface area (Å²) >= 11 is 0. The van der Waals surface area contributed by atoms with Crippen LogP contribution >= 0.6 is 0 Å². The van der Waals surface area contributed by atoms with Crippen LogP contribution in [0.3, 0.4) is 0 Å². The van der Waals surface area contributed by atoms with E-state index in [9.17, 15) is 14.9 Å². The maximum absolute atomic E-state index is 12.2. The summed E-state index contributed by atoms with van der Waals surface area (Å²) in [6.45, 7) is 1.50. The van der Waals surface area contributed by atoms with E-state index in [1.807, 2.05) is 7.05 Å². The van der Waals surface area contributed by atoms with Gasteiger partial charge in [0, 0.05) is 25.2 Å². The largest absolute Gasteiger partial charge is 0.371 e. The molecule has 0 radical (unpaired) electrons. The lowest BCUT2D eigenvalue weighted by molar-refractivity contribution is -0.383. The average molecular weight is 292 g/mol. The Balaban J connectivity index is 1.94. The SMILES string of the molecule is CNC1CCCN(C(=O)CNc2ccccc2[N+](=O)[O-])C1. The van der Waals surface area contributed by atoms with E-state index in [-0.39, 0.29) is 18.1 Å². The Hall–Kier alpha value is -2.15.